The van der Waals surface area contributed by atoms with Crippen LogP contribution < -0.4 is 5.32 Å². The molecule has 0 spiro atoms. The van der Waals surface area contributed by atoms with E-state index in [1.54, 1.807) is 6.20 Å². The first-order chi connectivity index (χ1) is 11.5. The van der Waals surface area contributed by atoms with E-state index in [1.165, 1.54) is 0 Å². The van der Waals surface area contributed by atoms with E-state index >= 15 is 0 Å². The van der Waals surface area contributed by atoms with Crippen LogP contribution in [0, 0.1) is 6.92 Å². The summed E-state index contributed by atoms with van der Waals surface area (Å²) < 4.78 is 5.32. The largest absolute Gasteiger partial charge is 0.374 e. The Kier molecular flexibility index (Phi) is 4.55. The Morgan fingerprint density at radius 3 is 2.38 bits per heavy atom. The highest BCUT2D eigenvalue weighted by Crippen LogP contribution is 2.22. The predicted molar refractivity (Wildman–Crippen MR) is 92.6 cm³/mol. The second kappa shape index (κ2) is 6.78. The lowest BCUT2D eigenvalue weighted by atomic mass is 10.1. The predicted octanol–water partition coefficient (Wildman–Crippen LogP) is 4.13. The standard InChI is InChI=1S/C18H21N5O/c1-11(2)16-22-18(24-23-16)13(4)21-15-7-5-14(6-8-15)17-19-10-9-12(3)20-17/h5-11,13,21H,1-4H3/t13-/m0/s1. The fourth-order valence-electron chi connectivity index (χ4n) is 2.27. The molecule has 6 nitrogen and oxygen atoms in total. The molecule has 2 aromatic heterocycles. The van der Waals surface area contributed by atoms with E-state index in [4.69, 9.17) is 4.52 Å². The quantitative estimate of drug-likeness (QED) is 0.760. The van der Waals surface area contributed by atoms with Crippen molar-refractivity contribution in [2.24, 2.45) is 0 Å². The van der Waals surface area contributed by atoms with E-state index < -0.39 is 0 Å². The van der Waals surface area contributed by atoms with Crippen molar-refractivity contribution in [2.75, 3.05) is 5.32 Å². The van der Waals surface area contributed by atoms with Gasteiger partial charge in [0.1, 0.15) is 6.04 Å². The summed E-state index contributed by atoms with van der Waals surface area (Å²) in [6, 6.07) is 9.81. The third kappa shape index (κ3) is 3.59. The number of nitrogens with zero attached hydrogens (tertiary/aromatic N) is 4. The van der Waals surface area contributed by atoms with Crippen molar-refractivity contribution in [1.29, 1.82) is 0 Å². The van der Waals surface area contributed by atoms with Crippen molar-refractivity contribution >= 4 is 5.69 Å². The maximum absolute atomic E-state index is 5.32. The number of benzene rings is 1. The Bertz CT molecular complexity index is 810. The van der Waals surface area contributed by atoms with Gasteiger partial charge < -0.3 is 9.84 Å². The maximum Gasteiger partial charge on any atom is 0.248 e. The SMILES string of the molecule is Cc1ccnc(-c2ccc(N[C@@H](C)c3nc(C(C)C)no3)cc2)n1. The van der Waals surface area contributed by atoms with Crippen LogP contribution in [0.15, 0.2) is 41.1 Å². The van der Waals surface area contributed by atoms with Crippen molar-refractivity contribution in [2.45, 2.75) is 39.7 Å². The number of hydrogen-bond donors (Lipinski definition) is 1. The zero-order valence-corrected chi connectivity index (χ0v) is 14.3. The molecular formula is C18H21N5O. The summed E-state index contributed by atoms with van der Waals surface area (Å²) >= 11 is 0. The third-order valence-electron chi connectivity index (χ3n) is 3.67. The van der Waals surface area contributed by atoms with Gasteiger partial charge in [-0.25, -0.2) is 9.97 Å². The Morgan fingerprint density at radius 2 is 1.75 bits per heavy atom. The molecule has 2 heterocycles. The lowest BCUT2D eigenvalue weighted by molar-refractivity contribution is 0.361. The monoisotopic (exact) mass is 323 g/mol. The van der Waals surface area contributed by atoms with Crippen LogP contribution in [0.2, 0.25) is 0 Å². The molecule has 1 N–H and O–H groups in total. The molecule has 6 heteroatoms. The zero-order valence-electron chi connectivity index (χ0n) is 14.3. The van der Waals surface area contributed by atoms with Gasteiger partial charge in [0.2, 0.25) is 5.89 Å². The Morgan fingerprint density at radius 1 is 1.00 bits per heavy atom. The molecule has 0 saturated heterocycles. The lowest BCUT2D eigenvalue weighted by Gasteiger charge is -2.11. The van der Waals surface area contributed by atoms with Gasteiger partial charge in [-0.1, -0.05) is 19.0 Å². The Labute approximate surface area is 141 Å². The highest BCUT2D eigenvalue weighted by Gasteiger charge is 2.15. The minimum Gasteiger partial charge on any atom is -0.374 e. The fraction of sp³-hybridized carbons (Fsp3) is 0.333. The second-order valence-electron chi connectivity index (χ2n) is 6.11. The molecule has 3 aromatic rings. The van der Waals surface area contributed by atoms with Gasteiger partial charge in [0, 0.05) is 29.1 Å². The summed E-state index contributed by atoms with van der Waals surface area (Å²) in [5.41, 5.74) is 2.91. The van der Waals surface area contributed by atoms with Gasteiger partial charge in [0.15, 0.2) is 11.6 Å². The summed E-state index contributed by atoms with van der Waals surface area (Å²) in [6.45, 7) is 8.03. The smallest absolute Gasteiger partial charge is 0.248 e. The number of rotatable bonds is 5. The van der Waals surface area contributed by atoms with E-state index in [-0.39, 0.29) is 12.0 Å². The minimum absolute atomic E-state index is 0.0638. The topological polar surface area (TPSA) is 76.7 Å². The van der Waals surface area contributed by atoms with Crippen LogP contribution in [0.1, 0.15) is 50.1 Å². The number of nitrogens with one attached hydrogen (secondary N) is 1. The molecule has 0 unspecified atom stereocenters. The van der Waals surface area contributed by atoms with Crippen molar-refractivity contribution in [1.82, 2.24) is 20.1 Å². The van der Waals surface area contributed by atoms with Gasteiger partial charge in [-0.05, 0) is 44.2 Å². The number of anilines is 1. The van der Waals surface area contributed by atoms with Crippen LogP contribution in [0.5, 0.6) is 0 Å². The van der Waals surface area contributed by atoms with Crippen molar-refractivity contribution in [3.8, 4) is 11.4 Å². The van der Waals surface area contributed by atoms with E-state index in [2.05, 4.69) is 25.4 Å². The molecule has 0 aliphatic carbocycles. The molecule has 0 amide bonds. The molecule has 0 aliphatic heterocycles. The molecule has 124 valence electrons. The molecule has 24 heavy (non-hydrogen) atoms. The van der Waals surface area contributed by atoms with Crippen molar-refractivity contribution in [3.05, 3.63) is 53.9 Å². The number of hydrogen-bond acceptors (Lipinski definition) is 6. The molecule has 1 atom stereocenters. The zero-order chi connectivity index (χ0) is 17.1. The molecule has 0 fully saturated rings. The molecule has 1 aromatic carbocycles. The first kappa shape index (κ1) is 16.1. The van der Waals surface area contributed by atoms with Crippen LogP contribution in [0.3, 0.4) is 0 Å². The van der Waals surface area contributed by atoms with Crippen LogP contribution in [0.4, 0.5) is 5.69 Å². The summed E-state index contributed by atoms with van der Waals surface area (Å²) in [7, 11) is 0. The molecule has 3 rings (SSSR count). The highest BCUT2D eigenvalue weighted by molar-refractivity contribution is 5.59. The summed E-state index contributed by atoms with van der Waals surface area (Å²) in [6.07, 6.45) is 1.77. The summed E-state index contributed by atoms with van der Waals surface area (Å²) in [5.74, 6) is 2.30. The number of aromatic nitrogens is 4. The average molecular weight is 323 g/mol. The molecule has 0 bridgehead atoms. The summed E-state index contributed by atoms with van der Waals surface area (Å²) in [4.78, 5) is 13.2. The Balaban J connectivity index is 1.71. The van der Waals surface area contributed by atoms with Gasteiger partial charge in [-0.3, -0.25) is 0 Å². The van der Waals surface area contributed by atoms with Crippen LogP contribution in [-0.2, 0) is 0 Å². The second-order valence-corrected chi connectivity index (χ2v) is 6.11. The Hall–Kier alpha value is -2.76. The fourth-order valence-corrected chi connectivity index (χ4v) is 2.27. The van der Waals surface area contributed by atoms with Gasteiger partial charge in [-0.15, -0.1) is 0 Å². The molecule has 0 aliphatic rings. The van der Waals surface area contributed by atoms with Gasteiger partial charge >= 0.3 is 0 Å². The molecule has 0 saturated carbocycles. The third-order valence-corrected chi connectivity index (χ3v) is 3.67. The van der Waals surface area contributed by atoms with Crippen molar-refractivity contribution in [3.63, 3.8) is 0 Å². The minimum atomic E-state index is -0.0638. The normalized spacial score (nSPS) is 12.4. The van der Waals surface area contributed by atoms with E-state index in [0.29, 0.717) is 5.89 Å². The molecular weight excluding hydrogens is 302 g/mol. The highest BCUT2D eigenvalue weighted by atomic mass is 16.5. The first-order valence-corrected chi connectivity index (χ1v) is 8.03. The van der Waals surface area contributed by atoms with Crippen LogP contribution in [0.25, 0.3) is 11.4 Å². The van der Waals surface area contributed by atoms with Gasteiger partial charge in [-0.2, -0.15) is 4.98 Å². The van der Waals surface area contributed by atoms with E-state index in [1.807, 2.05) is 58.0 Å². The lowest BCUT2D eigenvalue weighted by Crippen LogP contribution is -2.07. The van der Waals surface area contributed by atoms with E-state index in [0.717, 1.165) is 28.6 Å². The van der Waals surface area contributed by atoms with E-state index in [9.17, 15) is 0 Å². The summed E-state index contributed by atoms with van der Waals surface area (Å²) in [5, 5.41) is 7.36. The van der Waals surface area contributed by atoms with Gasteiger partial charge in [0.25, 0.3) is 0 Å². The maximum atomic E-state index is 5.32. The van der Waals surface area contributed by atoms with Crippen LogP contribution in [-0.4, -0.2) is 20.1 Å². The number of aryl methyl sites for hydroxylation is 1. The van der Waals surface area contributed by atoms with Crippen LogP contribution >= 0.6 is 0 Å². The average Bonchev–Trinajstić information content (AvgIpc) is 3.06. The van der Waals surface area contributed by atoms with Gasteiger partial charge in [0.05, 0.1) is 0 Å². The van der Waals surface area contributed by atoms with Crippen molar-refractivity contribution < 1.29 is 4.52 Å². The first-order valence-electron chi connectivity index (χ1n) is 8.03. The molecule has 0 radical (unpaired) electrons.